The van der Waals surface area contributed by atoms with Gasteiger partial charge in [0.1, 0.15) is 24.5 Å². The van der Waals surface area contributed by atoms with Gasteiger partial charge in [0.15, 0.2) is 11.5 Å². The van der Waals surface area contributed by atoms with Crippen LogP contribution in [0.1, 0.15) is 29.3 Å². The summed E-state index contributed by atoms with van der Waals surface area (Å²) in [6.07, 6.45) is 4.94. The Morgan fingerprint density at radius 3 is 3.00 bits per heavy atom. The van der Waals surface area contributed by atoms with Gasteiger partial charge in [0.2, 0.25) is 0 Å². The molecular formula is C19H21NO5. The van der Waals surface area contributed by atoms with Gasteiger partial charge >= 0.3 is 5.97 Å². The standard InChI is InChI=1S/C19H21NO5/c1-2-22-15-11-14(12-20-13-15)5-4-8-25-19(21)16-6-3-7-17-18(16)24-10-9-23-17/h3,6-7,11-13H,2,4-5,8-10H2,1H3. The van der Waals surface area contributed by atoms with Crippen molar-refractivity contribution in [2.75, 3.05) is 26.4 Å². The van der Waals surface area contributed by atoms with E-state index in [4.69, 9.17) is 18.9 Å². The molecule has 0 fully saturated rings. The Balaban J connectivity index is 1.51. The predicted molar refractivity (Wildman–Crippen MR) is 91.4 cm³/mol. The van der Waals surface area contributed by atoms with Crippen molar-refractivity contribution in [1.82, 2.24) is 4.98 Å². The van der Waals surface area contributed by atoms with E-state index in [2.05, 4.69) is 4.98 Å². The first-order valence-corrected chi connectivity index (χ1v) is 8.40. The molecule has 1 aromatic heterocycles. The minimum atomic E-state index is -0.399. The molecule has 132 valence electrons. The lowest BCUT2D eigenvalue weighted by Gasteiger charge is -2.20. The summed E-state index contributed by atoms with van der Waals surface area (Å²) in [7, 11) is 0. The summed E-state index contributed by atoms with van der Waals surface area (Å²) in [4.78, 5) is 16.4. The first-order chi connectivity index (χ1) is 12.3. The van der Waals surface area contributed by atoms with E-state index in [0.29, 0.717) is 49.9 Å². The molecule has 1 aliphatic heterocycles. The summed E-state index contributed by atoms with van der Waals surface area (Å²) >= 11 is 0. The molecular weight excluding hydrogens is 322 g/mol. The lowest BCUT2D eigenvalue weighted by atomic mass is 10.1. The van der Waals surface area contributed by atoms with Crippen LogP contribution in [0, 0.1) is 0 Å². The molecule has 0 atom stereocenters. The van der Waals surface area contributed by atoms with Crippen LogP contribution in [0.4, 0.5) is 0 Å². The molecule has 1 aliphatic rings. The molecule has 2 heterocycles. The van der Waals surface area contributed by atoms with Gasteiger partial charge in [-0.05, 0) is 43.5 Å². The quantitative estimate of drug-likeness (QED) is 0.569. The zero-order chi connectivity index (χ0) is 17.5. The van der Waals surface area contributed by atoms with E-state index < -0.39 is 5.97 Å². The van der Waals surface area contributed by atoms with Crippen LogP contribution in [-0.2, 0) is 11.2 Å². The fraction of sp³-hybridized carbons (Fsp3) is 0.368. The third kappa shape index (κ3) is 4.41. The Morgan fingerprint density at radius 2 is 2.12 bits per heavy atom. The highest BCUT2D eigenvalue weighted by atomic mass is 16.6. The van der Waals surface area contributed by atoms with Crippen molar-refractivity contribution in [1.29, 1.82) is 0 Å². The second kappa shape index (κ2) is 8.37. The number of carbonyl (C=O) groups is 1. The summed E-state index contributed by atoms with van der Waals surface area (Å²) < 4.78 is 21.8. The van der Waals surface area contributed by atoms with Crippen LogP contribution in [-0.4, -0.2) is 37.4 Å². The molecule has 0 saturated carbocycles. The van der Waals surface area contributed by atoms with E-state index in [1.807, 2.05) is 13.0 Å². The van der Waals surface area contributed by atoms with Gasteiger partial charge in [-0.2, -0.15) is 0 Å². The molecule has 0 saturated heterocycles. The number of benzene rings is 1. The molecule has 1 aromatic carbocycles. The number of carbonyl (C=O) groups excluding carboxylic acids is 1. The number of fused-ring (bicyclic) bond motifs is 1. The van der Waals surface area contributed by atoms with Crippen LogP contribution in [0.2, 0.25) is 0 Å². The molecule has 3 rings (SSSR count). The van der Waals surface area contributed by atoms with Crippen molar-refractivity contribution in [3.8, 4) is 17.2 Å². The maximum Gasteiger partial charge on any atom is 0.342 e. The Labute approximate surface area is 146 Å². The Bertz CT molecular complexity index is 732. The number of rotatable bonds is 7. The molecule has 2 aromatic rings. The highest BCUT2D eigenvalue weighted by Gasteiger charge is 2.21. The van der Waals surface area contributed by atoms with Crippen LogP contribution in [0.25, 0.3) is 0 Å². The van der Waals surface area contributed by atoms with Crippen molar-refractivity contribution in [2.45, 2.75) is 19.8 Å². The molecule has 0 amide bonds. The van der Waals surface area contributed by atoms with Gasteiger partial charge in [-0.1, -0.05) is 6.07 Å². The predicted octanol–water partition coefficient (Wildman–Crippen LogP) is 3.04. The van der Waals surface area contributed by atoms with E-state index >= 15 is 0 Å². The van der Waals surface area contributed by atoms with Gasteiger partial charge in [0.25, 0.3) is 0 Å². The van der Waals surface area contributed by atoms with Gasteiger partial charge in [-0.3, -0.25) is 4.98 Å². The van der Waals surface area contributed by atoms with E-state index in [1.165, 1.54) is 0 Å². The summed E-state index contributed by atoms with van der Waals surface area (Å²) in [6.45, 7) is 3.78. The summed E-state index contributed by atoms with van der Waals surface area (Å²) in [5.41, 5.74) is 1.45. The number of nitrogens with zero attached hydrogens (tertiary/aromatic N) is 1. The second-order valence-electron chi connectivity index (χ2n) is 5.53. The molecule has 0 spiro atoms. The summed E-state index contributed by atoms with van der Waals surface area (Å²) in [6, 6.07) is 7.18. The van der Waals surface area contributed by atoms with E-state index in [9.17, 15) is 4.79 Å². The molecule has 0 radical (unpaired) electrons. The van der Waals surface area contributed by atoms with Crippen LogP contribution in [0.15, 0.2) is 36.7 Å². The van der Waals surface area contributed by atoms with Crippen LogP contribution in [0.5, 0.6) is 17.2 Å². The first-order valence-electron chi connectivity index (χ1n) is 8.40. The van der Waals surface area contributed by atoms with Crippen molar-refractivity contribution >= 4 is 5.97 Å². The zero-order valence-electron chi connectivity index (χ0n) is 14.2. The SMILES string of the molecule is CCOc1cncc(CCCOC(=O)c2cccc3c2OCCO3)c1. The van der Waals surface area contributed by atoms with Crippen molar-refractivity contribution in [3.63, 3.8) is 0 Å². The lowest BCUT2D eigenvalue weighted by molar-refractivity contribution is 0.0491. The molecule has 6 nitrogen and oxygen atoms in total. The highest BCUT2D eigenvalue weighted by molar-refractivity contribution is 5.93. The molecule has 0 bridgehead atoms. The van der Waals surface area contributed by atoms with Crippen LogP contribution < -0.4 is 14.2 Å². The number of hydrogen-bond acceptors (Lipinski definition) is 6. The average Bonchev–Trinajstić information content (AvgIpc) is 2.65. The lowest BCUT2D eigenvalue weighted by Crippen LogP contribution is -2.18. The molecule has 0 N–H and O–H groups in total. The fourth-order valence-electron chi connectivity index (χ4n) is 2.60. The number of para-hydroxylation sites is 1. The van der Waals surface area contributed by atoms with E-state index in [-0.39, 0.29) is 0 Å². The smallest absolute Gasteiger partial charge is 0.342 e. The largest absolute Gasteiger partial charge is 0.492 e. The Morgan fingerprint density at radius 1 is 1.24 bits per heavy atom. The van der Waals surface area contributed by atoms with E-state index in [1.54, 1.807) is 30.6 Å². The number of esters is 1. The summed E-state index contributed by atoms with van der Waals surface area (Å²) in [5.74, 6) is 1.40. The van der Waals surface area contributed by atoms with Gasteiger partial charge < -0.3 is 18.9 Å². The Kier molecular flexibility index (Phi) is 5.72. The van der Waals surface area contributed by atoms with Crippen molar-refractivity contribution in [3.05, 3.63) is 47.8 Å². The third-order valence-electron chi connectivity index (χ3n) is 3.71. The van der Waals surface area contributed by atoms with Gasteiger partial charge in [0.05, 0.1) is 19.4 Å². The topological polar surface area (TPSA) is 66.9 Å². The monoisotopic (exact) mass is 343 g/mol. The average molecular weight is 343 g/mol. The minimum Gasteiger partial charge on any atom is -0.492 e. The van der Waals surface area contributed by atoms with Crippen molar-refractivity contribution in [2.24, 2.45) is 0 Å². The van der Waals surface area contributed by atoms with Gasteiger partial charge in [-0.25, -0.2) is 4.79 Å². The highest BCUT2D eigenvalue weighted by Crippen LogP contribution is 2.33. The number of aromatic nitrogens is 1. The van der Waals surface area contributed by atoms with Crippen molar-refractivity contribution < 1.29 is 23.7 Å². The van der Waals surface area contributed by atoms with E-state index in [0.717, 1.165) is 17.7 Å². The molecule has 0 unspecified atom stereocenters. The number of ether oxygens (including phenoxy) is 4. The minimum absolute atomic E-state index is 0.322. The van der Waals surface area contributed by atoms with Crippen LogP contribution in [0.3, 0.4) is 0 Å². The van der Waals surface area contributed by atoms with Crippen LogP contribution >= 0.6 is 0 Å². The third-order valence-corrected chi connectivity index (χ3v) is 3.71. The van der Waals surface area contributed by atoms with Gasteiger partial charge in [0, 0.05) is 6.20 Å². The zero-order valence-corrected chi connectivity index (χ0v) is 14.2. The molecule has 6 heteroatoms. The van der Waals surface area contributed by atoms with Gasteiger partial charge in [-0.15, -0.1) is 0 Å². The second-order valence-corrected chi connectivity index (χ2v) is 5.53. The summed E-state index contributed by atoms with van der Waals surface area (Å²) in [5, 5.41) is 0. The Hall–Kier alpha value is -2.76. The number of aryl methyl sites for hydroxylation is 1. The number of hydrogen-bond donors (Lipinski definition) is 0. The first kappa shape index (κ1) is 17.1. The maximum absolute atomic E-state index is 12.3. The normalized spacial score (nSPS) is 12.5. The maximum atomic E-state index is 12.3. The number of pyridine rings is 1. The fourth-order valence-corrected chi connectivity index (χ4v) is 2.60. The molecule has 0 aliphatic carbocycles. The molecule has 25 heavy (non-hydrogen) atoms.